The van der Waals surface area contributed by atoms with E-state index in [0.29, 0.717) is 0 Å². The number of β-amino-alcohol motifs (C(OH)–C–C–N with tert-alkyl or cyclic N) is 1. The van der Waals surface area contributed by atoms with Gasteiger partial charge < -0.3 is 14.7 Å². The third kappa shape index (κ3) is 1.26. The van der Waals surface area contributed by atoms with Crippen LogP contribution in [-0.4, -0.2) is 49.5 Å². The maximum Gasteiger partial charge on any atom is 0.0746 e. The van der Waals surface area contributed by atoms with Gasteiger partial charge in [-0.2, -0.15) is 0 Å². The summed E-state index contributed by atoms with van der Waals surface area (Å²) in [6.45, 7) is 3.51. The van der Waals surface area contributed by atoms with Crippen molar-refractivity contribution < 1.29 is 9.84 Å². The molecule has 2 aliphatic heterocycles. The summed E-state index contributed by atoms with van der Waals surface area (Å²) in [6, 6.07) is 0. The summed E-state index contributed by atoms with van der Waals surface area (Å²) in [7, 11) is 2.06. The van der Waals surface area contributed by atoms with Crippen molar-refractivity contribution in [2.75, 3.05) is 33.4 Å². The Kier molecular flexibility index (Phi) is 2.10. The number of aliphatic hydroxyl groups excluding tert-OH is 1. The minimum atomic E-state index is -0.182. The topological polar surface area (TPSA) is 32.7 Å². The lowest BCUT2D eigenvalue weighted by Gasteiger charge is -2.41. The maximum absolute atomic E-state index is 9.91. The maximum atomic E-state index is 9.91. The van der Waals surface area contributed by atoms with Crippen LogP contribution in [-0.2, 0) is 4.74 Å². The van der Waals surface area contributed by atoms with Crippen molar-refractivity contribution in [2.45, 2.75) is 18.9 Å². The Morgan fingerprint density at radius 3 is 2.92 bits per heavy atom. The zero-order valence-electron chi connectivity index (χ0n) is 7.62. The molecule has 2 rings (SSSR count). The second kappa shape index (κ2) is 2.98. The Hall–Kier alpha value is -0.120. The molecule has 0 unspecified atom stereocenters. The average Bonchev–Trinajstić information content (AvgIpc) is 2.48. The van der Waals surface area contributed by atoms with Gasteiger partial charge in [-0.05, 0) is 26.4 Å². The highest BCUT2D eigenvalue weighted by Gasteiger charge is 2.44. The standard InChI is InChI=1S/C9H17NO2/c1-10-4-2-9(8(11)6-10)3-5-12-7-9/h8,11H,2-7H2,1H3/t8-,9-/m0/s1. The van der Waals surface area contributed by atoms with Crippen LogP contribution in [0.25, 0.3) is 0 Å². The minimum Gasteiger partial charge on any atom is -0.391 e. The van der Waals surface area contributed by atoms with Crippen LogP contribution in [0.1, 0.15) is 12.8 Å². The molecule has 2 atom stereocenters. The van der Waals surface area contributed by atoms with Crippen molar-refractivity contribution in [3.8, 4) is 0 Å². The molecule has 0 radical (unpaired) electrons. The number of likely N-dealkylation sites (N-methyl/N-ethyl adjacent to an activating group) is 1. The van der Waals surface area contributed by atoms with Gasteiger partial charge in [0.15, 0.2) is 0 Å². The van der Waals surface area contributed by atoms with Crippen molar-refractivity contribution in [1.82, 2.24) is 4.90 Å². The molecule has 0 aromatic heterocycles. The number of aliphatic hydroxyl groups is 1. The van der Waals surface area contributed by atoms with Gasteiger partial charge in [-0.3, -0.25) is 0 Å². The molecule has 0 saturated carbocycles. The summed E-state index contributed by atoms with van der Waals surface area (Å²) in [5, 5.41) is 9.91. The highest BCUT2D eigenvalue weighted by molar-refractivity contribution is 4.94. The van der Waals surface area contributed by atoms with Gasteiger partial charge >= 0.3 is 0 Å². The van der Waals surface area contributed by atoms with E-state index in [2.05, 4.69) is 11.9 Å². The van der Waals surface area contributed by atoms with Crippen LogP contribution in [0.15, 0.2) is 0 Å². The Morgan fingerprint density at radius 2 is 2.33 bits per heavy atom. The van der Waals surface area contributed by atoms with E-state index in [9.17, 15) is 5.11 Å². The second-order valence-electron chi connectivity index (χ2n) is 4.19. The third-order valence-electron chi connectivity index (χ3n) is 3.32. The first-order valence-corrected chi connectivity index (χ1v) is 4.67. The molecule has 0 aromatic carbocycles. The third-order valence-corrected chi connectivity index (χ3v) is 3.32. The van der Waals surface area contributed by atoms with Crippen molar-refractivity contribution in [1.29, 1.82) is 0 Å². The summed E-state index contributed by atoms with van der Waals surface area (Å²) in [5.74, 6) is 0. The van der Waals surface area contributed by atoms with Crippen LogP contribution < -0.4 is 0 Å². The molecule has 0 aromatic rings. The number of hydrogen-bond acceptors (Lipinski definition) is 3. The zero-order chi connectivity index (χ0) is 8.60. The quantitative estimate of drug-likeness (QED) is 0.560. The summed E-state index contributed by atoms with van der Waals surface area (Å²) < 4.78 is 5.36. The van der Waals surface area contributed by atoms with Crippen LogP contribution in [0, 0.1) is 5.41 Å². The van der Waals surface area contributed by atoms with Gasteiger partial charge in [-0.15, -0.1) is 0 Å². The fourth-order valence-corrected chi connectivity index (χ4v) is 2.24. The van der Waals surface area contributed by atoms with E-state index in [-0.39, 0.29) is 11.5 Å². The molecule has 0 aliphatic carbocycles. The average molecular weight is 171 g/mol. The molecule has 0 bridgehead atoms. The van der Waals surface area contributed by atoms with E-state index in [4.69, 9.17) is 4.74 Å². The van der Waals surface area contributed by atoms with Crippen molar-refractivity contribution in [3.63, 3.8) is 0 Å². The van der Waals surface area contributed by atoms with Crippen molar-refractivity contribution >= 4 is 0 Å². The van der Waals surface area contributed by atoms with Gasteiger partial charge in [0.2, 0.25) is 0 Å². The lowest BCUT2D eigenvalue weighted by molar-refractivity contribution is -0.0421. The molecule has 3 heteroatoms. The van der Waals surface area contributed by atoms with E-state index >= 15 is 0 Å². The molecule has 3 nitrogen and oxygen atoms in total. The number of piperidine rings is 1. The lowest BCUT2D eigenvalue weighted by atomic mass is 9.76. The highest BCUT2D eigenvalue weighted by atomic mass is 16.5. The fourth-order valence-electron chi connectivity index (χ4n) is 2.24. The molecule has 2 fully saturated rings. The zero-order valence-corrected chi connectivity index (χ0v) is 7.62. The number of hydrogen-bond donors (Lipinski definition) is 1. The predicted molar refractivity (Wildman–Crippen MR) is 46.0 cm³/mol. The summed E-state index contributed by atoms with van der Waals surface area (Å²) in [4.78, 5) is 2.19. The number of ether oxygens (including phenoxy) is 1. The monoisotopic (exact) mass is 171 g/mol. The molecular formula is C9H17NO2. The van der Waals surface area contributed by atoms with Crippen LogP contribution >= 0.6 is 0 Å². The Labute approximate surface area is 73.3 Å². The molecule has 1 N–H and O–H groups in total. The molecular weight excluding hydrogens is 154 g/mol. The molecule has 2 heterocycles. The van der Waals surface area contributed by atoms with Gasteiger partial charge in [-0.1, -0.05) is 0 Å². The minimum absolute atomic E-state index is 0.104. The first-order valence-electron chi connectivity index (χ1n) is 4.67. The van der Waals surface area contributed by atoms with Crippen molar-refractivity contribution in [2.24, 2.45) is 5.41 Å². The largest absolute Gasteiger partial charge is 0.391 e. The number of likely N-dealkylation sites (tertiary alicyclic amines) is 1. The first kappa shape index (κ1) is 8.48. The summed E-state index contributed by atoms with van der Waals surface area (Å²) >= 11 is 0. The number of rotatable bonds is 0. The summed E-state index contributed by atoms with van der Waals surface area (Å²) in [5.41, 5.74) is 0.104. The Bertz CT molecular complexity index is 166. The molecule has 1 spiro atoms. The van der Waals surface area contributed by atoms with E-state index in [0.717, 1.165) is 39.1 Å². The van der Waals surface area contributed by atoms with E-state index in [1.807, 2.05) is 0 Å². The lowest BCUT2D eigenvalue weighted by Crippen LogP contribution is -2.49. The highest BCUT2D eigenvalue weighted by Crippen LogP contribution is 2.38. The molecule has 2 aliphatic rings. The van der Waals surface area contributed by atoms with E-state index in [1.54, 1.807) is 0 Å². The Balaban J connectivity index is 2.05. The van der Waals surface area contributed by atoms with Crippen LogP contribution in [0.3, 0.4) is 0 Å². The van der Waals surface area contributed by atoms with Crippen molar-refractivity contribution in [3.05, 3.63) is 0 Å². The number of nitrogens with zero attached hydrogens (tertiary/aromatic N) is 1. The normalized spacial score (nSPS) is 44.0. The smallest absolute Gasteiger partial charge is 0.0746 e. The molecule has 12 heavy (non-hydrogen) atoms. The van der Waals surface area contributed by atoms with E-state index in [1.165, 1.54) is 0 Å². The van der Waals surface area contributed by atoms with Gasteiger partial charge in [0.1, 0.15) is 0 Å². The van der Waals surface area contributed by atoms with E-state index < -0.39 is 0 Å². The SMILES string of the molecule is CN1CC[C@@]2(CCOC2)[C@@H](O)C1. The molecule has 2 saturated heterocycles. The fraction of sp³-hybridized carbons (Fsp3) is 1.00. The van der Waals surface area contributed by atoms with Gasteiger partial charge in [0.25, 0.3) is 0 Å². The molecule has 0 amide bonds. The van der Waals surface area contributed by atoms with Crippen LogP contribution in [0.5, 0.6) is 0 Å². The van der Waals surface area contributed by atoms with Crippen LogP contribution in [0.4, 0.5) is 0 Å². The van der Waals surface area contributed by atoms with Gasteiger partial charge in [0.05, 0.1) is 12.7 Å². The Morgan fingerprint density at radius 1 is 1.50 bits per heavy atom. The predicted octanol–water partition coefficient (Wildman–Crippen LogP) is 0.0895. The first-order chi connectivity index (χ1) is 5.73. The van der Waals surface area contributed by atoms with Gasteiger partial charge in [0, 0.05) is 18.6 Å². The van der Waals surface area contributed by atoms with Gasteiger partial charge in [-0.25, -0.2) is 0 Å². The summed E-state index contributed by atoms with van der Waals surface area (Å²) in [6.07, 6.45) is 1.95. The van der Waals surface area contributed by atoms with Crippen LogP contribution in [0.2, 0.25) is 0 Å². The molecule has 70 valence electrons. The second-order valence-corrected chi connectivity index (χ2v) is 4.19.